The summed E-state index contributed by atoms with van der Waals surface area (Å²) < 4.78 is 1.31. The summed E-state index contributed by atoms with van der Waals surface area (Å²) in [6.45, 7) is 9.54. The van der Waals surface area contributed by atoms with Gasteiger partial charge in [0.05, 0.1) is 0 Å². The Morgan fingerprint density at radius 2 is 1.53 bits per heavy atom. The van der Waals surface area contributed by atoms with Crippen LogP contribution in [0.3, 0.4) is 0 Å². The van der Waals surface area contributed by atoms with Crippen LogP contribution < -0.4 is 5.32 Å². The van der Waals surface area contributed by atoms with E-state index in [1.165, 1.54) is 37.1 Å². The second-order valence-electron chi connectivity index (χ2n) is 5.18. The molecule has 2 aromatic carbocycles. The predicted octanol–water partition coefficient (Wildman–Crippen LogP) is 5.14. The fourth-order valence-electron chi connectivity index (χ4n) is 2.11. The summed E-state index contributed by atoms with van der Waals surface area (Å²) in [5.74, 6) is 0. The molecule has 0 fully saturated rings. The topological polar surface area (TPSA) is 12.0 Å². The van der Waals surface area contributed by atoms with Crippen molar-refractivity contribution in [1.82, 2.24) is 0 Å². The van der Waals surface area contributed by atoms with Gasteiger partial charge in [-0.15, -0.1) is 0 Å². The van der Waals surface area contributed by atoms with E-state index in [2.05, 4.69) is 85.9 Å². The molecule has 0 aromatic heterocycles. The van der Waals surface area contributed by atoms with Crippen LogP contribution >= 0.6 is 22.6 Å². The molecule has 2 heteroatoms. The first-order valence-electron chi connectivity index (χ1n) is 6.54. The highest BCUT2D eigenvalue weighted by atomic mass is 127. The molecular formula is C17H20IN. The number of anilines is 1. The third-order valence-electron chi connectivity index (χ3n) is 3.61. The highest BCUT2D eigenvalue weighted by Gasteiger charge is 2.03. The smallest absolute Gasteiger partial charge is 0.0403 e. The number of nitrogens with one attached hydrogen (secondary N) is 1. The van der Waals surface area contributed by atoms with E-state index in [1.807, 2.05) is 0 Å². The van der Waals surface area contributed by atoms with Gasteiger partial charge < -0.3 is 5.32 Å². The first kappa shape index (κ1) is 14.4. The number of benzene rings is 2. The maximum Gasteiger partial charge on any atom is 0.0403 e. The molecule has 0 heterocycles. The Morgan fingerprint density at radius 1 is 0.842 bits per heavy atom. The molecule has 0 spiro atoms. The van der Waals surface area contributed by atoms with Gasteiger partial charge in [0, 0.05) is 15.8 Å². The second-order valence-corrected chi connectivity index (χ2v) is 6.34. The van der Waals surface area contributed by atoms with Crippen molar-refractivity contribution in [1.29, 1.82) is 0 Å². The van der Waals surface area contributed by atoms with Gasteiger partial charge in [0.15, 0.2) is 0 Å². The zero-order valence-electron chi connectivity index (χ0n) is 12.0. The molecule has 0 amide bonds. The van der Waals surface area contributed by atoms with E-state index in [0.717, 1.165) is 6.54 Å². The molecule has 0 aliphatic rings. The SMILES string of the molecule is Cc1cc(C)c(CNc2ccc(C)c(I)c2)cc1C. The summed E-state index contributed by atoms with van der Waals surface area (Å²) in [6, 6.07) is 11.1. The summed E-state index contributed by atoms with van der Waals surface area (Å²) in [5.41, 5.74) is 7.98. The van der Waals surface area contributed by atoms with Gasteiger partial charge in [0.1, 0.15) is 0 Å². The normalized spacial score (nSPS) is 10.6. The summed E-state index contributed by atoms with van der Waals surface area (Å²) in [6.07, 6.45) is 0. The molecule has 0 atom stereocenters. The molecule has 100 valence electrons. The fourth-order valence-corrected chi connectivity index (χ4v) is 2.63. The Kier molecular flexibility index (Phi) is 4.50. The molecule has 0 bridgehead atoms. The molecule has 0 aliphatic carbocycles. The molecule has 19 heavy (non-hydrogen) atoms. The van der Waals surface area contributed by atoms with E-state index >= 15 is 0 Å². The largest absolute Gasteiger partial charge is 0.381 e. The van der Waals surface area contributed by atoms with Crippen LogP contribution in [0.1, 0.15) is 27.8 Å². The van der Waals surface area contributed by atoms with Crippen LogP contribution in [-0.2, 0) is 6.54 Å². The van der Waals surface area contributed by atoms with Crippen LogP contribution in [0.15, 0.2) is 30.3 Å². The van der Waals surface area contributed by atoms with Gasteiger partial charge in [-0.05, 0) is 90.2 Å². The Labute approximate surface area is 129 Å². The van der Waals surface area contributed by atoms with Gasteiger partial charge in [0.25, 0.3) is 0 Å². The number of hydrogen-bond acceptors (Lipinski definition) is 1. The van der Waals surface area contributed by atoms with E-state index in [0.29, 0.717) is 0 Å². The van der Waals surface area contributed by atoms with Crippen LogP contribution in [0.4, 0.5) is 5.69 Å². The van der Waals surface area contributed by atoms with Crippen molar-refractivity contribution in [2.24, 2.45) is 0 Å². The van der Waals surface area contributed by atoms with Crippen LogP contribution in [0.5, 0.6) is 0 Å². The molecule has 0 saturated carbocycles. The van der Waals surface area contributed by atoms with Crippen molar-refractivity contribution in [3.05, 3.63) is 61.7 Å². The third kappa shape index (κ3) is 3.50. The maximum absolute atomic E-state index is 3.51. The van der Waals surface area contributed by atoms with E-state index in [1.54, 1.807) is 0 Å². The number of hydrogen-bond donors (Lipinski definition) is 1. The fraction of sp³-hybridized carbons (Fsp3) is 0.294. The molecular weight excluding hydrogens is 345 g/mol. The minimum absolute atomic E-state index is 0.881. The van der Waals surface area contributed by atoms with E-state index in [4.69, 9.17) is 0 Å². The molecule has 0 saturated heterocycles. The Bertz CT molecular complexity index is 602. The van der Waals surface area contributed by atoms with Gasteiger partial charge in [-0.2, -0.15) is 0 Å². The number of halogens is 1. The van der Waals surface area contributed by atoms with Gasteiger partial charge in [-0.25, -0.2) is 0 Å². The van der Waals surface area contributed by atoms with Gasteiger partial charge in [0.2, 0.25) is 0 Å². The average molecular weight is 365 g/mol. The summed E-state index contributed by atoms with van der Waals surface area (Å²) in [4.78, 5) is 0. The maximum atomic E-state index is 3.51. The van der Waals surface area contributed by atoms with Crippen molar-refractivity contribution < 1.29 is 0 Å². The highest BCUT2D eigenvalue weighted by Crippen LogP contribution is 2.20. The molecule has 1 N–H and O–H groups in total. The van der Waals surface area contributed by atoms with E-state index in [-0.39, 0.29) is 0 Å². The Balaban J connectivity index is 2.14. The van der Waals surface area contributed by atoms with Crippen LogP contribution in [0, 0.1) is 31.3 Å². The molecule has 2 rings (SSSR count). The van der Waals surface area contributed by atoms with E-state index in [9.17, 15) is 0 Å². The van der Waals surface area contributed by atoms with Crippen molar-refractivity contribution >= 4 is 28.3 Å². The Morgan fingerprint density at radius 3 is 2.21 bits per heavy atom. The summed E-state index contributed by atoms with van der Waals surface area (Å²) in [7, 11) is 0. The van der Waals surface area contributed by atoms with Crippen molar-refractivity contribution in [2.75, 3.05) is 5.32 Å². The molecule has 0 unspecified atom stereocenters. The summed E-state index contributed by atoms with van der Waals surface area (Å²) >= 11 is 2.38. The molecule has 0 radical (unpaired) electrons. The predicted molar refractivity (Wildman–Crippen MR) is 91.9 cm³/mol. The van der Waals surface area contributed by atoms with Gasteiger partial charge in [-0.3, -0.25) is 0 Å². The number of aryl methyl sites for hydroxylation is 4. The second kappa shape index (κ2) is 5.95. The van der Waals surface area contributed by atoms with Crippen LogP contribution in [-0.4, -0.2) is 0 Å². The highest BCUT2D eigenvalue weighted by molar-refractivity contribution is 14.1. The first-order chi connectivity index (χ1) is 8.97. The van der Waals surface area contributed by atoms with Crippen LogP contribution in [0.2, 0.25) is 0 Å². The van der Waals surface area contributed by atoms with E-state index < -0.39 is 0 Å². The minimum atomic E-state index is 0.881. The van der Waals surface area contributed by atoms with Crippen molar-refractivity contribution in [3.8, 4) is 0 Å². The van der Waals surface area contributed by atoms with Crippen molar-refractivity contribution in [2.45, 2.75) is 34.2 Å². The summed E-state index contributed by atoms with van der Waals surface area (Å²) in [5, 5.41) is 3.51. The number of rotatable bonds is 3. The molecule has 2 aromatic rings. The molecule has 1 nitrogen and oxygen atoms in total. The Hall–Kier alpha value is -1.03. The van der Waals surface area contributed by atoms with Gasteiger partial charge in [-0.1, -0.05) is 18.2 Å². The third-order valence-corrected chi connectivity index (χ3v) is 4.77. The first-order valence-corrected chi connectivity index (χ1v) is 7.62. The van der Waals surface area contributed by atoms with Gasteiger partial charge >= 0.3 is 0 Å². The lowest BCUT2D eigenvalue weighted by Gasteiger charge is -2.12. The monoisotopic (exact) mass is 365 g/mol. The lowest BCUT2D eigenvalue weighted by molar-refractivity contribution is 1.10. The minimum Gasteiger partial charge on any atom is -0.381 e. The van der Waals surface area contributed by atoms with Crippen molar-refractivity contribution in [3.63, 3.8) is 0 Å². The quantitative estimate of drug-likeness (QED) is 0.743. The van der Waals surface area contributed by atoms with Crippen LogP contribution in [0.25, 0.3) is 0 Å². The zero-order valence-corrected chi connectivity index (χ0v) is 14.1. The lowest BCUT2D eigenvalue weighted by Crippen LogP contribution is -2.03. The average Bonchev–Trinajstić information content (AvgIpc) is 2.36. The lowest BCUT2D eigenvalue weighted by atomic mass is 10.0. The zero-order chi connectivity index (χ0) is 14.0. The molecule has 0 aliphatic heterocycles. The standard InChI is InChI=1S/C17H20IN/c1-11-5-6-16(9-17(11)18)19-10-15-8-13(3)12(2)7-14(15)4/h5-9,19H,10H2,1-4H3.